The summed E-state index contributed by atoms with van der Waals surface area (Å²) < 4.78 is 10.3. The number of hydrogen-bond acceptors (Lipinski definition) is 6. The Hall–Kier alpha value is -1.14. The molecule has 0 aromatic carbocycles. The van der Waals surface area contributed by atoms with Gasteiger partial charge in [0.2, 0.25) is 0 Å². The molecule has 0 atom stereocenters. The molecule has 1 aliphatic rings. The third kappa shape index (κ3) is 2.10. The van der Waals surface area contributed by atoms with Gasteiger partial charge in [0.1, 0.15) is 4.88 Å². The third-order valence-electron chi connectivity index (χ3n) is 2.21. The zero-order chi connectivity index (χ0) is 10.7. The van der Waals surface area contributed by atoms with Gasteiger partial charge in [0.05, 0.1) is 20.3 Å². The maximum absolute atomic E-state index is 10.9. The summed E-state index contributed by atoms with van der Waals surface area (Å²) in [5.41, 5.74) is 0. The SMILES string of the molecule is COc1nc(N2CCOCC2)c(C=O)s1. The van der Waals surface area contributed by atoms with E-state index >= 15 is 0 Å². The van der Waals surface area contributed by atoms with Gasteiger partial charge in [-0.25, -0.2) is 0 Å². The Balaban J connectivity index is 2.24. The van der Waals surface area contributed by atoms with Gasteiger partial charge in [-0.1, -0.05) is 11.3 Å². The van der Waals surface area contributed by atoms with Gasteiger partial charge in [-0.2, -0.15) is 4.98 Å². The van der Waals surface area contributed by atoms with Crippen molar-refractivity contribution in [3.05, 3.63) is 4.88 Å². The molecule has 1 saturated heterocycles. The number of aromatic nitrogens is 1. The molecule has 1 aliphatic heterocycles. The molecular formula is C9H12N2O3S. The Morgan fingerprint density at radius 3 is 2.87 bits per heavy atom. The predicted octanol–water partition coefficient (Wildman–Crippen LogP) is 0.801. The van der Waals surface area contributed by atoms with Gasteiger partial charge in [0, 0.05) is 13.1 Å². The van der Waals surface area contributed by atoms with E-state index in [1.165, 1.54) is 11.3 Å². The van der Waals surface area contributed by atoms with Gasteiger partial charge in [-0.3, -0.25) is 4.79 Å². The molecule has 82 valence electrons. The lowest BCUT2D eigenvalue weighted by Crippen LogP contribution is -2.36. The van der Waals surface area contributed by atoms with E-state index in [-0.39, 0.29) is 0 Å². The number of carbonyl (C=O) groups is 1. The first-order valence-corrected chi connectivity index (χ1v) is 5.49. The Morgan fingerprint density at radius 2 is 2.27 bits per heavy atom. The smallest absolute Gasteiger partial charge is 0.275 e. The fourth-order valence-corrected chi connectivity index (χ4v) is 2.19. The van der Waals surface area contributed by atoms with Crippen molar-refractivity contribution in [1.29, 1.82) is 0 Å². The van der Waals surface area contributed by atoms with Gasteiger partial charge in [-0.15, -0.1) is 0 Å². The number of morpholine rings is 1. The van der Waals surface area contributed by atoms with Crippen LogP contribution in [0.3, 0.4) is 0 Å². The maximum Gasteiger partial charge on any atom is 0.275 e. The number of methoxy groups -OCH3 is 1. The lowest BCUT2D eigenvalue weighted by Gasteiger charge is -2.26. The van der Waals surface area contributed by atoms with Crippen molar-refractivity contribution in [2.45, 2.75) is 0 Å². The number of rotatable bonds is 3. The maximum atomic E-state index is 10.9. The molecular weight excluding hydrogens is 216 g/mol. The molecule has 2 heterocycles. The number of aldehydes is 1. The summed E-state index contributed by atoms with van der Waals surface area (Å²) in [4.78, 5) is 17.8. The van der Waals surface area contributed by atoms with Gasteiger partial charge < -0.3 is 14.4 Å². The van der Waals surface area contributed by atoms with Crippen molar-refractivity contribution < 1.29 is 14.3 Å². The van der Waals surface area contributed by atoms with Crippen molar-refractivity contribution in [2.75, 3.05) is 38.3 Å². The molecule has 0 bridgehead atoms. The average molecular weight is 228 g/mol. The summed E-state index contributed by atoms with van der Waals surface area (Å²) in [7, 11) is 1.55. The van der Waals surface area contributed by atoms with Crippen LogP contribution in [0, 0.1) is 0 Å². The molecule has 0 amide bonds. The van der Waals surface area contributed by atoms with Crippen LogP contribution in [0.2, 0.25) is 0 Å². The monoisotopic (exact) mass is 228 g/mol. The number of hydrogen-bond donors (Lipinski definition) is 0. The fourth-order valence-electron chi connectivity index (χ4n) is 1.47. The Labute approximate surface area is 91.6 Å². The molecule has 0 radical (unpaired) electrons. The van der Waals surface area contributed by atoms with E-state index in [4.69, 9.17) is 9.47 Å². The van der Waals surface area contributed by atoms with Crippen LogP contribution >= 0.6 is 11.3 Å². The van der Waals surface area contributed by atoms with Crippen molar-refractivity contribution in [2.24, 2.45) is 0 Å². The highest BCUT2D eigenvalue weighted by Gasteiger charge is 2.19. The zero-order valence-electron chi connectivity index (χ0n) is 8.43. The molecule has 0 unspecified atom stereocenters. The highest BCUT2D eigenvalue weighted by atomic mass is 32.1. The van der Waals surface area contributed by atoms with E-state index in [0.29, 0.717) is 23.3 Å². The molecule has 2 rings (SSSR count). The number of ether oxygens (including phenoxy) is 2. The van der Waals surface area contributed by atoms with E-state index < -0.39 is 0 Å². The largest absolute Gasteiger partial charge is 0.473 e. The molecule has 0 saturated carbocycles. The topological polar surface area (TPSA) is 51.7 Å². The van der Waals surface area contributed by atoms with Crippen molar-refractivity contribution >= 4 is 23.4 Å². The number of carbonyl (C=O) groups excluding carboxylic acids is 1. The molecule has 1 aromatic rings. The van der Waals surface area contributed by atoms with E-state index in [1.807, 2.05) is 4.90 Å². The Morgan fingerprint density at radius 1 is 1.53 bits per heavy atom. The molecule has 1 fully saturated rings. The summed E-state index contributed by atoms with van der Waals surface area (Å²) in [6, 6.07) is 0. The highest BCUT2D eigenvalue weighted by molar-refractivity contribution is 7.15. The standard InChI is InChI=1S/C9H12N2O3S/c1-13-9-10-8(7(6-12)15-9)11-2-4-14-5-3-11/h6H,2-5H2,1H3. The van der Waals surface area contributed by atoms with Crippen LogP contribution in [0.5, 0.6) is 5.19 Å². The Kier molecular flexibility index (Phi) is 3.17. The molecule has 5 nitrogen and oxygen atoms in total. The fraction of sp³-hybridized carbons (Fsp3) is 0.556. The summed E-state index contributed by atoms with van der Waals surface area (Å²) >= 11 is 1.27. The van der Waals surface area contributed by atoms with Crippen LogP contribution in [0.4, 0.5) is 5.82 Å². The summed E-state index contributed by atoms with van der Waals surface area (Å²) in [6.45, 7) is 2.90. The number of anilines is 1. The molecule has 0 spiro atoms. The van der Waals surface area contributed by atoms with Crippen LogP contribution in [0.15, 0.2) is 0 Å². The summed E-state index contributed by atoms with van der Waals surface area (Å²) in [5.74, 6) is 0.718. The number of nitrogens with zero attached hydrogens (tertiary/aromatic N) is 2. The van der Waals surface area contributed by atoms with Crippen LogP contribution in [-0.2, 0) is 4.74 Å². The van der Waals surface area contributed by atoms with Crippen LogP contribution in [0.1, 0.15) is 9.67 Å². The minimum absolute atomic E-state index is 0.526. The van der Waals surface area contributed by atoms with Crippen molar-refractivity contribution in [1.82, 2.24) is 4.98 Å². The number of thiazole rings is 1. The van der Waals surface area contributed by atoms with Gasteiger partial charge in [0.25, 0.3) is 5.19 Å². The quantitative estimate of drug-likeness (QED) is 0.716. The molecule has 0 aliphatic carbocycles. The minimum atomic E-state index is 0.526. The van der Waals surface area contributed by atoms with Crippen LogP contribution < -0.4 is 9.64 Å². The van der Waals surface area contributed by atoms with E-state index in [2.05, 4.69) is 4.98 Å². The van der Waals surface area contributed by atoms with Crippen LogP contribution in [-0.4, -0.2) is 44.7 Å². The van der Waals surface area contributed by atoms with Crippen LogP contribution in [0.25, 0.3) is 0 Å². The second kappa shape index (κ2) is 4.59. The van der Waals surface area contributed by atoms with Crippen molar-refractivity contribution in [3.63, 3.8) is 0 Å². The molecule has 6 heteroatoms. The van der Waals surface area contributed by atoms with Gasteiger partial charge in [-0.05, 0) is 0 Å². The van der Waals surface area contributed by atoms with Crippen molar-refractivity contribution in [3.8, 4) is 5.19 Å². The summed E-state index contributed by atoms with van der Waals surface area (Å²) in [6.07, 6.45) is 0.824. The second-order valence-electron chi connectivity index (χ2n) is 3.09. The second-order valence-corrected chi connectivity index (χ2v) is 4.08. The van der Waals surface area contributed by atoms with E-state index in [0.717, 1.165) is 25.2 Å². The molecule has 1 aromatic heterocycles. The first-order chi connectivity index (χ1) is 7.35. The highest BCUT2D eigenvalue weighted by Crippen LogP contribution is 2.30. The lowest BCUT2D eigenvalue weighted by atomic mass is 10.4. The first kappa shape index (κ1) is 10.4. The normalized spacial score (nSPS) is 16.5. The first-order valence-electron chi connectivity index (χ1n) is 4.68. The van der Waals surface area contributed by atoms with Gasteiger partial charge >= 0.3 is 0 Å². The lowest BCUT2D eigenvalue weighted by molar-refractivity contribution is 0.112. The predicted molar refractivity (Wildman–Crippen MR) is 57.1 cm³/mol. The molecule has 0 N–H and O–H groups in total. The minimum Gasteiger partial charge on any atom is -0.473 e. The summed E-state index contributed by atoms with van der Waals surface area (Å²) in [5, 5.41) is 0.526. The zero-order valence-corrected chi connectivity index (χ0v) is 9.25. The molecule has 15 heavy (non-hydrogen) atoms. The third-order valence-corrected chi connectivity index (χ3v) is 3.14. The van der Waals surface area contributed by atoms with E-state index in [1.54, 1.807) is 7.11 Å². The average Bonchev–Trinajstić information content (AvgIpc) is 2.73. The van der Waals surface area contributed by atoms with E-state index in [9.17, 15) is 4.79 Å². The Bertz CT molecular complexity index is 347. The van der Waals surface area contributed by atoms with Gasteiger partial charge in [0.15, 0.2) is 12.1 Å².